The van der Waals surface area contributed by atoms with Crippen LogP contribution in [0.25, 0.3) is 21.8 Å². The molecule has 0 atom stereocenters. The first-order valence-electron chi connectivity index (χ1n) is 9.54. The number of hydrogen-bond acceptors (Lipinski definition) is 2. The van der Waals surface area contributed by atoms with Gasteiger partial charge < -0.3 is 15.3 Å². The molecule has 0 fully saturated rings. The number of ketones is 1. The number of fused-ring (bicyclic) bond motifs is 3. The maximum Gasteiger partial charge on any atom is 0.199 e. The Hall–Kier alpha value is -2.83. The van der Waals surface area contributed by atoms with E-state index < -0.39 is 5.54 Å². The number of para-hydroxylation sites is 1. The molecule has 146 valence electrons. The number of rotatable bonds is 2. The van der Waals surface area contributed by atoms with Gasteiger partial charge in [-0.1, -0.05) is 44.0 Å². The Kier molecular flexibility index (Phi) is 3.80. The summed E-state index contributed by atoms with van der Waals surface area (Å²) < 4.78 is 1.94. The zero-order valence-electron chi connectivity index (χ0n) is 15.6. The molecule has 1 aliphatic heterocycles. The molecule has 6 rings (SSSR count). The Morgan fingerprint density at radius 1 is 0.733 bits per heavy atom. The fraction of sp³-hybridized carbons (Fsp3) is 0.0417. The van der Waals surface area contributed by atoms with Gasteiger partial charge in [0.05, 0.1) is 0 Å². The zero-order valence-corrected chi connectivity index (χ0v) is 18.8. The maximum absolute atomic E-state index is 14.1. The van der Waals surface area contributed by atoms with Crippen LogP contribution in [-0.2, 0) is 5.54 Å². The van der Waals surface area contributed by atoms with Crippen LogP contribution < -0.4 is 5.32 Å². The first-order chi connectivity index (χ1) is 14.6. The summed E-state index contributed by atoms with van der Waals surface area (Å²) >= 11 is 7.17. The summed E-state index contributed by atoms with van der Waals surface area (Å²) in [5.41, 5.74) is 4.28. The Morgan fingerprint density at radius 2 is 1.30 bits per heavy atom. The van der Waals surface area contributed by atoms with Crippen molar-refractivity contribution in [3.8, 4) is 0 Å². The van der Waals surface area contributed by atoms with Gasteiger partial charge in [0.15, 0.2) is 11.3 Å². The molecule has 6 heteroatoms. The summed E-state index contributed by atoms with van der Waals surface area (Å²) in [6.07, 6.45) is 3.90. The van der Waals surface area contributed by atoms with Crippen LogP contribution in [0.2, 0.25) is 0 Å². The highest BCUT2D eigenvalue weighted by atomic mass is 79.9. The smallest absolute Gasteiger partial charge is 0.199 e. The minimum atomic E-state index is -1.04. The van der Waals surface area contributed by atoms with Crippen molar-refractivity contribution in [3.63, 3.8) is 0 Å². The molecule has 30 heavy (non-hydrogen) atoms. The second-order valence-electron chi connectivity index (χ2n) is 7.53. The molecule has 0 saturated heterocycles. The minimum absolute atomic E-state index is 0.0415. The van der Waals surface area contributed by atoms with Crippen LogP contribution in [0.1, 0.15) is 21.5 Å². The number of H-pyrrole nitrogens is 2. The third-order valence-electron chi connectivity index (χ3n) is 5.93. The van der Waals surface area contributed by atoms with Crippen LogP contribution in [-0.4, -0.2) is 15.8 Å². The fourth-order valence-corrected chi connectivity index (χ4v) is 5.30. The van der Waals surface area contributed by atoms with Crippen LogP contribution in [0.4, 0.5) is 5.69 Å². The van der Waals surface area contributed by atoms with Crippen molar-refractivity contribution in [2.75, 3.05) is 5.32 Å². The lowest BCUT2D eigenvalue weighted by Crippen LogP contribution is -2.39. The van der Waals surface area contributed by atoms with Crippen molar-refractivity contribution in [2.45, 2.75) is 5.54 Å². The van der Waals surface area contributed by atoms with Gasteiger partial charge in [-0.05, 0) is 48.5 Å². The minimum Gasteiger partial charge on any atom is -0.365 e. The average molecular weight is 521 g/mol. The number of halogens is 2. The second-order valence-corrected chi connectivity index (χ2v) is 9.37. The molecule has 4 nitrogen and oxygen atoms in total. The number of anilines is 1. The predicted octanol–water partition coefficient (Wildman–Crippen LogP) is 6.73. The van der Waals surface area contributed by atoms with E-state index in [2.05, 4.69) is 59.3 Å². The summed E-state index contributed by atoms with van der Waals surface area (Å²) in [7, 11) is 0. The molecule has 0 amide bonds. The van der Waals surface area contributed by atoms with E-state index in [0.717, 1.165) is 47.6 Å². The van der Waals surface area contributed by atoms with E-state index in [1.54, 1.807) is 0 Å². The van der Waals surface area contributed by atoms with Crippen molar-refractivity contribution < 1.29 is 4.79 Å². The van der Waals surface area contributed by atoms with E-state index >= 15 is 0 Å². The first-order valence-corrected chi connectivity index (χ1v) is 11.1. The molecular weight excluding hydrogens is 506 g/mol. The topological polar surface area (TPSA) is 60.7 Å². The summed E-state index contributed by atoms with van der Waals surface area (Å²) in [5, 5.41) is 5.61. The third kappa shape index (κ3) is 2.35. The Labute approximate surface area is 188 Å². The molecular formula is C24H15Br2N3O. The standard InChI is InChI=1S/C24H15Br2N3O/c25-13-5-7-20-16(9-13)18(11-27-20)24(23(30)15-3-1-2-4-22(15)29-24)19-12-28-21-8-6-14(26)10-17(19)21/h1-12,27-29H. The molecule has 0 radical (unpaired) electrons. The third-order valence-corrected chi connectivity index (χ3v) is 6.92. The molecule has 0 aliphatic carbocycles. The predicted molar refractivity (Wildman–Crippen MR) is 127 cm³/mol. The quantitative estimate of drug-likeness (QED) is 0.242. The largest absolute Gasteiger partial charge is 0.365 e. The van der Waals surface area contributed by atoms with Crippen molar-refractivity contribution in [2.24, 2.45) is 0 Å². The molecule has 5 aromatic rings. The number of aromatic amines is 2. The summed E-state index contributed by atoms with van der Waals surface area (Å²) in [6.45, 7) is 0. The van der Waals surface area contributed by atoms with Crippen molar-refractivity contribution in [1.82, 2.24) is 9.97 Å². The monoisotopic (exact) mass is 519 g/mol. The van der Waals surface area contributed by atoms with Crippen LogP contribution in [0, 0.1) is 0 Å². The number of aromatic nitrogens is 2. The van der Waals surface area contributed by atoms with Gasteiger partial charge in [-0.25, -0.2) is 0 Å². The van der Waals surface area contributed by atoms with Gasteiger partial charge in [0, 0.05) is 65.5 Å². The molecule has 3 heterocycles. The van der Waals surface area contributed by atoms with E-state index in [0.29, 0.717) is 5.56 Å². The number of benzene rings is 3. The summed E-state index contributed by atoms with van der Waals surface area (Å²) in [5.74, 6) is 0.0415. The van der Waals surface area contributed by atoms with Gasteiger partial charge in [-0.3, -0.25) is 4.79 Å². The highest BCUT2D eigenvalue weighted by Gasteiger charge is 2.50. The SMILES string of the molecule is O=C1c2ccccc2NC1(c1c[nH]c2ccc(Br)cc12)c1c[nH]c2ccc(Br)cc12. The lowest BCUT2D eigenvalue weighted by Gasteiger charge is -2.29. The average Bonchev–Trinajstić information content (AvgIpc) is 3.42. The van der Waals surface area contributed by atoms with Crippen molar-refractivity contribution in [3.05, 3.63) is 98.7 Å². The first kappa shape index (κ1) is 18.0. The van der Waals surface area contributed by atoms with Gasteiger partial charge in [0.1, 0.15) is 0 Å². The number of hydrogen-bond donors (Lipinski definition) is 3. The molecule has 0 saturated carbocycles. The van der Waals surface area contributed by atoms with Crippen LogP contribution in [0.15, 0.2) is 82.0 Å². The maximum atomic E-state index is 14.1. The second kappa shape index (κ2) is 6.33. The number of carbonyl (C=O) groups is 1. The Morgan fingerprint density at radius 3 is 1.87 bits per heavy atom. The fourth-order valence-electron chi connectivity index (χ4n) is 4.58. The van der Waals surface area contributed by atoms with Crippen LogP contribution in [0.5, 0.6) is 0 Å². The molecule has 0 spiro atoms. The normalized spacial score (nSPS) is 14.9. The van der Waals surface area contributed by atoms with E-state index in [-0.39, 0.29) is 5.78 Å². The summed E-state index contributed by atoms with van der Waals surface area (Å²) in [4.78, 5) is 20.8. The van der Waals surface area contributed by atoms with Gasteiger partial charge in [-0.15, -0.1) is 0 Å². The number of nitrogens with one attached hydrogen (secondary N) is 3. The van der Waals surface area contributed by atoms with Gasteiger partial charge >= 0.3 is 0 Å². The van der Waals surface area contributed by atoms with Crippen molar-refractivity contribution in [1.29, 1.82) is 0 Å². The number of Topliss-reactive ketones (excluding diaryl/α,β-unsaturated/α-hetero) is 1. The van der Waals surface area contributed by atoms with E-state index in [1.165, 1.54) is 0 Å². The van der Waals surface area contributed by atoms with Gasteiger partial charge in [-0.2, -0.15) is 0 Å². The molecule has 3 N–H and O–H groups in total. The van der Waals surface area contributed by atoms with E-state index in [9.17, 15) is 4.79 Å². The van der Waals surface area contributed by atoms with Crippen LogP contribution >= 0.6 is 31.9 Å². The molecule has 2 aromatic heterocycles. The van der Waals surface area contributed by atoms with Crippen molar-refractivity contribution >= 4 is 65.1 Å². The van der Waals surface area contributed by atoms with Gasteiger partial charge in [0.2, 0.25) is 0 Å². The zero-order chi connectivity index (χ0) is 20.5. The van der Waals surface area contributed by atoms with E-state index in [4.69, 9.17) is 0 Å². The molecule has 0 unspecified atom stereocenters. The molecule has 1 aliphatic rings. The summed E-state index contributed by atoms with van der Waals surface area (Å²) in [6, 6.07) is 19.9. The lowest BCUT2D eigenvalue weighted by atomic mass is 9.79. The highest BCUT2D eigenvalue weighted by molar-refractivity contribution is 9.10. The Bertz CT molecular complexity index is 1400. The molecule has 0 bridgehead atoms. The highest BCUT2D eigenvalue weighted by Crippen LogP contribution is 2.48. The number of carbonyl (C=O) groups excluding carboxylic acids is 1. The Balaban J connectivity index is 1.73. The van der Waals surface area contributed by atoms with E-state index in [1.807, 2.05) is 60.9 Å². The lowest BCUT2D eigenvalue weighted by molar-refractivity contribution is 0.0942. The van der Waals surface area contributed by atoms with Crippen LogP contribution in [0.3, 0.4) is 0 Å². The van der Waals surface area contributed by atoms with Gasteiger partial charge in [0.25, 0.3) is 0 Å². The molecule has 3 aromatic carbocycles.